The predicted octanol–water partition coefficient (Wildman–Crippen LogP) is 4.70. The van der Waals surface area contributed by atoms with Gasteiger partial charge in [-0.1, -0.05) is 18.2 Å². The minimum atomic E-state index is -0.526. The second-order valence-corrected chi connectivity index (χ2v) is 9.42. The number of H-pyrrole nitrogens is 1. The van der Waals surface area contributed by atoms with E-state index < -0.39 is 5.91 Å². The molecule has 0 radical (unpaired) electrons. The van der Waals surface area contributed by atoms with Crippen LogP contribution in [0.15, 0.2) is 54.2 Å². The van der Waals surface area contributed by atoms with Crippen LogP contribution in [0.2, 0.25) is 0 Å². The summed E-state index contributed by atoms with van der Waals surface area (Å²) in [5.41, 5.74) is 7.86. The third-order valence-electron chi connectivity index (χ3n) is 7.10. The van der Waals surface area contributed by atoms with Crippen LogP contribution in [-0.4, -0.2) is 66.9 Å². The van der Waals surface area contributed by atoms with Gasteiger partial charge in [0.2, 0.25) is 0 Å². The molecule has 2 aliphatic rings. The molecule has 2 aromatic rings. The summed E-state index contributed by atoms with van der Waals surface area (Å²) in [6, 6.07) is 6.85. The molecule has 4 rings (SSSR count). The van der Waals surface area contributed by atoms with Crippen molar-refractivity contribution in [1.82, 2.24) is 15.4 Å². The molecule has 7 nitrogen and oxygen atoms in total. The standard InChI is InChI=1S/C28H38N4O3.C2H2/c1-3-22(9-12-27(33)30-34)7-4-5-13-31-14-6-8-23(20-31)28-21(2)29-26-11-10-24(19-25(26)28)32-15-17-35-18-16-32;1-2/h3-4,7,9-12,19,23,29,34H,5-6,8,13-18,20H2,1-2H3,(H,30,33);1-2H/b7-4-,12-9+,22-3+;. The van der Waals surface area contributed by atoms with E-state index in [-0.39, 0.29) is 0 Å². The topological polar surface area (TPSA) is 80.8 Å². The molecule has 1 aromatic carbocycles. The summed E-state index contributed by atoms with van der Waals surface area (Å²) in [6.07, 6.45) is 20.5. The normalized spacial score (nSPS) is 19.3. The van der Waals surface area contributed by atoms with Gasteiger partial charge in [-0.2, -0.15) is 0 Å². The van der Waals surface area contributed by atoms with Crippen molar-refractivity contribution >= 4 is 22.5 Å². The number of carbonyl (C=O) groups excluding carboxylic acids is 1. The summed E-state index contributed by atoms with van der Waals surface area (Å²) in [7, 11) is 0. The number of hydrogen-bond donors (Lipinski definition) is 3. The van der Waals surface area contributed by atoms with E-state index in [1.165, 1.54) is 46.8 Å². The van der Waals surface area contributed by atoms with Crippen LogP contribution in [0.25, 0.3) is 10.9 Å². The first-order valence-corrected chi connectivity index (χ1v) is 13.0. The zero-order chi connectivity index (χ0) is 26.6. The van der Waals surface area contributed by atoms with E-state index >= 15 is 0 Å². The van der Waals surface area contributed by atoms with Gasteiger partial charge in [-0.15, -0.1) is 12.8 Å². The van der Waals surface area contributed by atoms with Crippen molar-refractivity contribution in [2.45, 2.75) is 39.0 Å². The highest BCUT2D eigenvalue weighted by Crippen LogP contribution is 2.36. The Morgan fingerprint density at radius 3 is 2.73 bits per heavy atom. The van der Waals surface area contributed by atoms with Crippen molar-refractivity contribution in [3.63, 3.8) is 0 Å². The highest BCUT2D eigenvalue weighted by atomic mass is 16.5. The Bertz CT molecular complexity index is 1140. The average Bonchev–Trinajstić information content (AvgIpc) is 3.29. The fourth-order valence-corrected chi connectivity index (χ4v) is 5.31. The molecule has 0 spiro atoms. The van der Waals surface area contributed by atoms with Gasteiger partial charge in [0.1, 0.15) is 0 Å². The first-order chi connectivity index (χ1) is 18.1. The number of aryl methyl sites for hydroxylation is 1. The van der Waals surface area contributed by atoms with Gasteiger partial charge in [0.05, 0.1) is 13.2 Å². The highest BCUT2D eigenvalue weighted by Gasteiger charge is 2.25. The van der Waals surface area contributed by atoms with E-state index in [1.807, 2.05) is 19.1 Å². The molecule has 37 heavy (non-hydrogen) atoms. The van der Waals surface area contributed by atoms with Crippen molar-refractivity contribution in [2.75, 3.05) is 50.8 Å². The van der Waals surface area contributed by atoms with Gasteiger partial charge in [-0.25, -0.2) is 5.48 Å². The fraction of sp³-hybridized carbons (Fsp3) is 0.433. The average molecular weight is 505 g/mol. The zero-order valence-electron chi connectivity index (χ0n) is 22.1. The smallest absolute Gasteiger partial charge is 0.267 e. The molecule has 0 bridgehead atoms. The van der Waals surface area contributed by atoms with Gasteiger partial charge in [0, 0.05) is 54.5 Å². The molecule has 2 fully saturated rings. The lowest BCUT2D eigenvalue weighted by Gasteiger charge is -2.33. The second kappa shape index (κ2) is 14.4. The number of aromatic nitrogens is 1. The molecule has 1 amide bonds. The monoisotopic (exact) mass is 504 g/mol. The number of fused-ring (bicyclic) bond motifs is 1. The number of allylic oxidation sites excluding steroid dienone is 4. The summed E-state index contributed by atoms with van der Waals surface area (Å²) in [5, 5.41) is 9.99. The number of benzene rings is 1. The second-order valence-electron chi connectivity index (χ2n) is 9.42. The summed E-state index contributed by atoms with van der Waals surface area (Å²) in [4.78, 5) is 19.8. The van der Waals surface area contributed by atoms with Crippen molar-refractivity contribution in [2.24, 2.45) is 0 Å². The first-order valence-electron chi connectivity index (χ1n) is 13.0. The van der Waals surface area contributed by atoms with E-state index in [1.54, 1.807) is 11.6 Å². The molecule has 3 heterocycles. The van der Waals surface area contributed by atoms with E-state index in [0.29, 0.717) is 5.92 Å². The number of carbonyl (C=O) groups is 1. The minimum Gasteiger partial charge on any atom is -0.378 e. The molecule has 198 valence electrons. The number of likely N-dealkylation sites (tertiary alicyclic amines) is 1. The number of terminal acetylenes is 1. The summed E-state index contributed by atoms with van der Waals surface area (Å²) < 4.78 is 5.54. The molecule has 1 aromatic heterocycles. The van der Waals surface area contributed by atoms with Crippen LogP contribution in [-0.2, 0) is 9.53 Å². The maximum absolute atomic E-state index is 11.2. The Morgan fingerprint density at radius 2 is 2.00 bits per heavy atom. The molecular formula is C30H40N4O3. The fourth-order valence-electron chi connectivity index (χ4n) is 5.31. The van der Waals surface area contributed by atoms with Crippen LogP contribution >= 0.6 is 0 Å². The summed E-state index contributed by atoms with van der Waals surface area (Å²) in [5.74, 6) is 0.00851. The quantitative estimate of drug-likeness (QED) is 0.160. The number of amides is 1. The van der Waals surface area contributed by atoms with Gasteiger partial charge in [-0.3, -0.25) is 10.0 Å². The van der Waals surface area contributed by atoms with Gasteiger partial charge in [-0.05, 0) is 81.0 Å². The van der Waals surface area contributed by atoms with Crippen molar-refractivity contribution in [1.29, 1.82) is 0 Å². The molecule has 3 N–H and O–H groups in total. The molecular weight excluding hydrogens is 464 g/mol. The number of nitrogens with one attached hydrogen (secondary N) is 2. The SMILES string of the molecule is C#C.C/C=C(\C=C/CCN1CCCC(c2c(C)[nH]c3ccc(N4CCOCC4)cc23)C1)/C=C/C(=O)NO. The number of nitrogens with zero attached hydrogens (tertiary/aromatic N) is 2. The number of anilines is 1. The number of morpholine rings is 1. The summed E-state index contributed by atoms with van der Waals surface area (Å²) in [6.45, 7) is 10.9. The Balaban J connectivity index is 0.00000186. The van der Waals surface area contributed by atoms with Crippen LogP contribution in [0.5, 0.6) is 0 Å². The number of hydrogen-bond acceptors (Lipinski definition) is 5. The number of rotatable bonds is 8. The van der Waals surface area contributed by atoms with Crippen molar-refractivity contribution in [3.8, 4) is 12.8 Å². The van der Waals surface area contributed by atoms with Crippen LogP contribution in [0.4, 0.5) is 5.69 Å². The van der Waals surface area contributed by atoms with Crippen LogP contribution < -0.4 is 10.4 Å². The molecule has 1 atom stereocenters. The maximum atomic E-state index is 11.2. The van der Waals surface area contributed by atoms with Gasteiger partial charge < -0.3 is 19.5 Å². The largest absolute Gasteiger partial charge is 0.378 e. The lowest BCUT2D eigenvalue weighted by atomic mass is 9.88. The zero-order valence-corrected chi connectivity index (χ0v) is 22.1. The molecule has 2 saturated heterocycles. The van der Waals surface area contributed by atoms with Crippen molar-refractivity contribution < 1.29 is 14.7 Å². The van der Waals surface area contributed by atoms with Gasteiger partial charge in [0.25, 0.3) is 5.91 Å². The third kappa shape index (κ3) is 7.59. The maximum Gasteiger partial charge on any atom is 0.267 e. The molecule has 7 heteroatoms. The summed E-state index contributed by atoms with van der Waals surface area (Å²) >= 11 is 0. The third-order valence-corrected chi connectivity index (χ3v) is 7.10. The number of hydroxylamine groups is 1. The van der Waals surface area contributed by atoms with E-state index in [4.69, 9.17) is 9.94 Å². The lowest BCUT2D eigenvalue weighted by molar-refractivity contribution is -0.124. The lowest BCUT2D eigenvalue weighted by Crippen LogP contribution is -2.36. The van der Waals surface area contributed by atoms with Crippen LogP contribution in [0, 0.1) is 19.8 Å². The van der Waals surface area contributed by atoms with E-state index in [2.05, 4.69) is 58.8 Å². The molecule has 0 saturated carbocycles. The van der Waals surface area contributed by atoms with E-state index in [9.17, 15) is 4.79 Å². The minimum absolute atomic E-state index is 0.526. The molecule has 2 aliphatic heterocycles. The van der Waals surface area contributed by atoms with Gasteiger partial charge >= 0.3 is 0 Å². The Hall–Kier alpha value is -3.31. The first kappa shape index (κ1) is 28.3. The Kier molecular flexibility index (Phi) is 11.0. The van der Waals surface area contributed by atoms with E-state index in [0.717, 1.165) is 57.9 Å². The van der Waals surface area contributed by atoms with Gasteiger partial charge in [0.15, 0.2) is 0 Å². The molecule has 1 unspecified atom stereocenters. The number of piperidine rings is 1. The highest BCUT2D eigenvalue weighted by molar-refractivity contribution is 5.88. The van der Waals surface area contributed by atoms with Crippen LogP contribution in [0.3, 0.4) is 0 Å². The Morgan fingerprint density at radius 1 is 1.22 bits per heavy atom. The van der Waals surface area contributed by atoms with Crippen molar-refractivity contribution in [3.05, 3.63) is 65.4 Å². The Labute approximate surface area is 220 Å². The molecule has 0 aliphatic carbocycles. The van der Waals surface area contributed by atoms with Crippen LogP contribution in [0.1, 0.15) is 43.4 Å². The number of ether oxygens (including phenoxy) is 1. The predicted molar refractivity (Wildman–Crippen MR) is 151 cm³/mol. The number of aromatic amines is 1.